The summed E-state index contributed by atoms with van der Waals surface area (Å²) in [6, 6.07) is 18.4. The molecule has 0 fully saturated rings. The lowest BCUT2D eigenvalue weighted by molar-refractivity contribution is -0.113. The summed E-state index contributed by atoms with van der Waals surface area (Å²) >= 11 is 11.4. The van der Waals surface area contributed by atoms with Gasteiger partial charge in [0.2, 0.25) is 11.0 Å². The minimum Gasteiger partial charge on any atom is -0.322 e. The average Bonchev–Trinajstić information content (AvgIpc) is 3.53. The van der Waals surface area contributed by atoms with Gasteiger partial charge in [0.25, 0.3) is 5.91 Å². The van der Waals surface area contributed by atoms with Gasteiger partial charge < -0.3 is 5.32 Å². The molecular weight excluding hydrogens is 585 g/mol. The molecule has 3 aromatic carbocycles. The number of benzene rings is 3. The molecule has 38 heavy (non-hydrogen) atoms. The van der Waals surface area contributed by atoms with Crippen LogP contribution in [0.2, 0.25) is 5.02 Å². The van der Waals surface area contributed by atoms with Crippen molar-refractivity contribution in [2.75, 3.05) is 16.4 Å². The fourth-order valence-corrected chi connectivity index (χ4v) is 6.93. The SMILES string of the molecule is O=C(CSc1nc2ccc(NC(=O)c3ccc(Cl)cc3)cc2s1)Nc1nnc(SCc2ccc(F)cc2)s1. The van der Waals surface area contributed by atoms with E-state index in [1.807, 2.05) is 12.1 Å². The van der Waals surface area contributed by atoms with E-state index in [1.54, 1.807) is 42.5 Å². The zero-order chi connectivity index (χ0) is 26.5. The lowest BCUT2D eigenvalue weighted by Gasteiger charge is -2.05. The molecule has 0 unspecified atom stereocenters. The smallest absolute Gasteiger partial charge is 0.255 e. The number of carbonyl (C=O) groups is 2. The second-order valence-corrected chi connectivity index (χ2v) is 12.6. The Morgan fingerprint density at radius 3 is 2.47 bits per heavy atom. The first-order valence-corrected chi connectivity index (χ1v) is 15.0. The fraction of sp³-hybridized carbons (Fsp3) is 0.0800. The number of hydrogen-bond donors (Lipinski definition) is 2. The summed E-state index contributed by atoms with van der Waals surface area (Å²) in [5.41, 5.74) is 2.92. The van der Waals surface area contributed by atoms with Crippen LogP contribution in [0, 0.1) is 5.82 Å². The standard InChI is InChI=1S/C25H17ClFN5O2S4/c26-16-5-3-15(4-6-16)22(34)28-18-9-10-19-20(11-18)37-24(29-19)36-13-21(33)30-23-31-32-25(38-23)35-12-14-1-7-17(27)8-2-14/h1-11H,12-13H2,(H,28,34)(H,30,31,33). The maximum Gasteiger partial charge on any atom is 0.255 e. The molecule has 0 aliphatic rings. The third-order valence-electron chi connectivity index (χ3n) is 4.99. The Balaban J connectivity index is 1.12. The molecule has 2 N–H and O–H groups in total. The van der Waals surface area contributed by atoms with Crippen LogP contribution in [-0.2, 0) is 10.5 Å². The van der Waals surface area contributed by atoms with Gasteiger partial charge in [-0.05, 0) is 60.2 Å². The molecule has 2 amide bonds. The molecule has 0 saturated carbocycles. The molecular formula is C25H17ClFN5O2S4. The number of thioether (sulfide) groups is 2. The molecule has 2 aromatic heterocycles. The first-order valence-electron chi connectivity index (χ1n) is 11.0. The van der Waals surface area contributed by atoms with E-state index in [0.29, 0.717) is 31.5 Å². The number of fused-ring (bicyclic) bond motifs is 1. The van der Waals surface area contributed by atoms with Crippen LogP contribution in [0.3, 0.4) is 0 Å². The van der Waals surface area contributed by atoms with E-state index >= 15 is 0 Å². The molecule has 192 valence electrons. The maximum absolute atomic E-state index is 13.0. The number of amides is 2. The normalized spacial score (nSPS) is 11.0. The third-order valence-corrected chi connectivity index (χ3v) is 9.44. The lowest BCUT2D eigenvalue weighted by atomic mass is 10.2. The lowest BCUT2D eigenvalue weighted by Crippen LogP contribution is -2.13. The van der Waals surface area contributed by atoms with E-state index in [-0.39, 0.29) is 23.4 Å². The Morgan fingerprint density at radius 2 is 1.68 bits per heavy atom. The number of thiazole rings is 1. The van der Waals surface area contributed by atoms with Crippen molar-refractivity contribution < 1.29 is 14.0 Å². The highest BCUT2D eigenvalue weighted by Gasteiger charge is 2.13. The number of aromatic nitrogens is 3. The van der Waals surface area contributed by atoms with Gasteiger partial charge in [-0.3, -0.25) is 14.9 Å². The summed E-state index contributed by atoms with van der Waals surface area (Å²) in [5.74, 6) is 0.0780. The van der Waals surface area contributed by atoms with Crippen LogP contribution in [0.4, 0.5) is 15.2 Å². The molecule has 0 aliphatic carbocycles. The van der Waals surface area contributed by atoms with E-state index in [2.05, 4.69) is 25.8 Å². The number of rotatable bonds is 9. The molecule has 0 saturated heterocycles. The monoisotopic (exact) mass is 601 g/mol. The van der Waals surface area contributed by atoms with Crippen molar-refractivity contribution in [3.63, 3.8) is 0 Å². The van der Waals surface area contributed by atoms with Crippen LogP contribution in [0.5, 0.6) is 0 Å². The van der Waals surface area contributed by atoms with E-state index in [1.165, 1.54) is 58.3 Å². The zero-order valence-corrected chi connectivity index (χ0v) is 23.3. The molecule has 13 heteroatoms. The quantitative estimate of drug-likeness (QED) is 0.136. The highest BCUT2D eigenvalue weighted by molar-refractivity contribution is 8.01. The van der Waals surface area contributed by atoms with Gasteiger partial charge in [0.05, 0.1) is 16.0 Å². The molecule has 0 radical (unpaired) electrons. The second-order valence-electron chi connectivity index (χ2n) is 7.75. The number of hydrogen-bond acceptors (Lipinski definition) is 9. The molecule has 0 spiro atoms. The van der Waals surface area contributed by atoms with Gasteiger partial charge in [0.15, 0.2) is 8.68 Å². The first kappa shape index (κ1) is 26.6. The maximum atomic E-state index is 13.0. The van der Waals surface area contributed by atoms with Crippen LogP contribution >= 0.6 is 57.8 Å². The van der Waals surface area contributed by atoms with Crippen LogP contribution in [-0.4, -0.2) is 32.7 Å². The molecule has 5 rings (SSSR count). The van der Waals surface area contributed by atoms with Crippen molar-refractivity contribution in [3.05, 3.63) is 88.7 Å². The number of nitrogens with one attached hydrogen (secondary N) is 2. The van der Waals surface area contributed by atoms with Gasteiger partial charge in [-0.15, -0.1) is 21.5 Å². The topological polar surface area (TPSA) is 96.9 Å². The summed E-state index contributed by atoms with van der Waals surface area (Å²) < 4.78 is 15.4. The van der Waals surface area contributed by atoms with Crippen molar-refractivity contribution >= 4 is 90.6 Å². The van der Waals surface area contributed by atoms with Gasteiger partial charge in [0.1, 0.15) is 5.82 Å². The van der Waals surface area contributed by atoms with Crippen molar-refractivity contribution in [1.29, 1.82) is 0 Å². The summed E-state index contributed by atoms with van der Waals surface area (Å²) in [4.78, 5) is 29.5. The zero-order valence-electron chi connectivity index (χ0n) is 19.3. The summed E-state index contributed by atoms with van der Waals surface area (Å²) in [6.45, 7) is 0. The second kappa shape index (κ2) is 12.2. The molecule has 0 bridgehead atoms. The minimum atomic E-state index is -0.271. The van der Waals surface area contributed by atoms with Gasteiger partial charge in [-0.1, -0.05) is 58.6 Å². The van der Waals surface area contributed by atoms with E-state index < -0.39 is 0 Å². The summed E-state index contributed by atoms with van der Waals surface area (Å²) in [6.07, 6.45) is 0. The molecule has 5 aromatic rings. The van der Waals surface area contributed by atoms with Crippen molar-refractivity contribution in [3.8, 4) is 0 Å². The fourth-order valence-electron chi connectivity index (χ4n) is 3.17. The highest BCUT2D eigenvalue weighted by atomic mass is 35.5. The Morgan fingerprint density at radius 1 is 0.895 bits per heavy atom. The molecule has 0 aliphatic heterocycles. The predicted octanol–water partition coefficient (Wildman–Crippen LogP) is 7.22. The van der Waals surface area contributed by atoms with Crippen molar-refractivity contribution in [2.24, 2.45) is 0 Å². The van der Waals surface area contributed by atoms with E-state index in [0.717, 1.165) is 20.1 Å². The molecule has 2 heterocycles. The number of carbonyl (C=O) groups excluding carboxylic acids is 2. The number of anilines is 2. The molecule has 0 atom stereocenters. The van der Waals surface area contributed by atoms with Crippen LogP contribution in [0.25, 0.3) is 10.2 Å². The van der Waals surface area contributed by atoms with Crippen molar-refractivity contribution in [1.82, 2.24) is 15.2 Å². The van der Waals surface area contributed by atoms with Gasteiger partial charge in [-0.25, -0.2) is 9.37 Å². The van der Waals surface area contributed by atoms with Crippen LogP contribution < -0.4 is 10.6 Å². The van der Waals surface area contributed by atoms with Crippen LogP contribution in [0.1, 0.15) is 15.9 Å². The number of nitrogens with zero attached hydrogens (tertiary/aromatic N) is 3. The third kappa shape index (κ3) is 7.08. The van der Waals surface area contributed by atoms with E-state index in [4.69, 9.17) is 11.6 Å². The predicted molar refractivity (Wildman–Crippen MR) is 154 cm³/mol. The van der Waals surface area contributed by atoms with Crippen molar-refractivity contribution in [2.45, 2.75) is 14.4 Å². The molecule has 7 nitrogen and oxygen atoms in total. The Kier molecular flexibility index (Phi) is 8.55. The largest absolute Gasteiger partial charge is 0.322 e. The van der Waals surface area contributed by atoms with Crippen LogP contribution in [0.15, 0.2) is 75.4 Å². The summed E-state index contributed by atoms with van der Waals surface area (Å²) in [7, 11) is 0. The Hall–Kier alpha value is -3.03. The van der Waals surface area contributed by atoms with E-state index in [9.17, 15) is 14.0 Å². The Bertz CT molecular complexity index is 1590. The average molecular weight is 602 g/mol. The highest BCUT2D eigenvalue weighted by Crippen LogP contribution is 2.32. The van der Waals surface area contributed by atoms with Gasteiger partial charge >= 0.3 is 0 Å². The van der Waals surface area contributed by atoms with Gasteiger partial charge in [-0.2, -0.15) is 0 Å². The minimum absolute atomic E-state index is 0.164. The first-order chi connectivity index (χ1) is 18.4. The van der Waals surface area contributed by atoms with Gasteiger partial charge in [0, 0.05) is 22.0 Å². The summed E-state index contributed by atoms with van der Waals surface area (Å²) in [5, 5.41) is 14.7. The Labute approximate surface area is 238 Å². The number of halogens is 2.